The Morgan fingerprint density at radius 3 is 3.12 bits per heavy atom. The summed E-state index contributed by atoms with van der Waals surface area (Å²) in [6.07, 6.45) is 1.01. The molecule has 0 saturated carbocycles. The molecule has 0 bridgehead atoms. The van der Waals surface area contributed by atoms with Gasteiger partial charge in [0.15, 0.2) is 0 Å². The number of aromatic nitrogens is 3. The van der Waals surface area contributed by atoms with E-state index in [1.165, 1.54) is 5.69 Å². The quantitative estimate of drug-likeness (QED) is 0.678. The van der Waals surface area contributed by atoms with Crippen LogP contribution in [-0.4, -0.2) is 60.3 Å². The average Bonchev–Trinajstić information content (AvgIpc) is 2.72. The smallest absolute Gasteiger partial charge is 0.0997 e. The molecule has 0 saturated heterocycles. The van der Waals surface area contributed by atoms with Crippen LogP contribution in [0.3, 0.4) is 0 Å². The van der Waals surface area contributed by atoms with Gasteiger partial charge in [0.1, 0.15) is 0 Å². The first-order valence-electron chi connectivity index (χ1n) is 6.12. The van der Waals surface area contributed by atoms with E-state index in [1.807, 2.05) is 18.8 Å². The van der Waals surface area contributed by atoms with Crippen molar-refractivity contribution in [2.75, 3.05) is 40.4 Å². The second-order valence-electron chi connectivity index (χ2n) is 4.55. The van der Waals surface area contributed by atoms with E-state index in [-0.39, 0.29) is 0 Å². The zero-order valence-corrected chi connectivity index (χ0v) is 10.6. The Hall–Kier alpha value is -0.980. The van der Waals surface area contributed by atoms with E-state index in [9.17, 15) is 0 Å². The Balaban J connectivity index is 1.74. The highest BCUT2D eigenvalue weighted by Crippen LogP contribution is 2.09. The zero-order chi connectivity index (χ0) is 12.1. The van der Waals surface area contributed by atoms with Crippen LogP contribution in [0, 0.1) is 0 Å². The van der Waals surface area contributed by atoms with Crippen molar-refractivity contribution in [1.82, 2.24) is 25.2 Å². The van der Waals surface area contributed by atoms with Crippen molar-refractivity contribution in [3.05, 3.63) is 11.4 Å². The third-order valence-corrected chi connectivity index (χ3v) is 2.88. The van der Waals surface area contributed by atoms with Gasteiger partial charge in [0.25, 0.3) is 0 Å². The summed E-state index contributed by atoms with van der Waals surface area (Å²) >= 11 is 0. The van der Waals surface area contributed by atoms with E-state index in [0.717, 1.165) is 44.9 Å². The van der Waals surface area contributed by atoms with Crippen LogP contribution in [0.25, 0.3) is 0 Å². The van der Waals surface area contributed by atoms with Crippen LogP contribution in [0.2, 0.25) is 0 Å². The molecule has 0 radical (unpaired) electrons. The van der Waals surface area contributed by atoms with Gasteiger partial charge < -0.3 is 15.0 Å². The summed E-state index contributed by atoms with van der Waals surface area (Å²) in [5, 5.41) is 11.6. The van der Waals surface area contributed by atoms with Crippen LogP contribution < -0.4 is 5.32 Å². The monoisotopic (exact) mass is 239 g/mol. The lowest BCUT2D eigenvalue weighted by Gasteiger charge is -2.14. The van der Waals surface area contributed by atoms with Gasteiger partial charge in [0, 0.05) is 26.1 Å². The van der Waals surface area contributed by atoms with Gasteiger partial charge in [0.05, 0.1) is 31.1 Å². The van der Waals surface area contributed by atoms with E-state index in [4.69, 9.17) is 4.74 Å². The summed E-state index contributed by atoms with van der Waals surface area (Å²) in [5.41, 5.74) is 2.35. The topological polar surface area (TPSA) is 55.2 Å². The molecule has 1 N–H and O–H groups in total. The van der Waals surface area contributed by atoms with Crippen LogP contribution >= 0.6 is 0 Å². The Labute approximate surface area is 102 Å². The summed E-state index contributed by atoms with van der Waals surface area (Å²) < 4.78 is 7.54. The molecule has 0 unspecified atom stereocenters. The Bertz CT molecular complexity index is 350. The lowest BCUT2D eigenvalue weighted by molar-refractivity contribution is 0.108. The molecule has 1 aliphatic rings. The molecule has 2 rings (SSSR count). The van der Waals surface area contributed by atoms with Gasteiger partial charge in [-0.05, 0) is 14.1 Å². The molecule has 2 heterocycles. The van der Waals surface area contributed by atoms with Crippen molar-refractivity contribution >= 4 is 0 Å². The predicted octanol–water partition coefficient (Wildman–Crippen LogP) is -0.498. The van der Waals surface area contributed by atoms with Crippen molar-refractivity contribution in [2.45, 2.75) is 19.5 Å². The van der Waals surface area contributed by atoms with Gasteiger partial charge >= 0.3 is 0 Å². The fraction of sp³-hybridized carbons (Fsp3) is 0.818. The van der Waals surface area contributed by atoms with E-state index < -0.39 is 0 Å². The maximum atomic E-state index is 5.56. The second kappa shape index (κ2) is 6.09. The predicted molar refractivity (Wildman–Crippen MR) is 64.8 cm³/mol. The highest BCUT2D eigenvalue weighted by atomic mass is 16.5. The van der Waals surface area contributed by atoms with Crippen molar-refractivity contribution in [2.24, 2.45) is 0 Å². The molecule has 0 fully saturated rings. The van der Waals surface area contributed by atoms with Crippen LogP contribution in [0.5, 0.6) is 0 Å². The third-order valence-electron chi connectivity index (χ3n) is 2.88. The molecule has 1 aromatic rings. The van der Waals surface area contributed by atoms with Gasteiger partial charge in [-0.1, -0.05) is 5.21 Å². The number of hydrogen-bond donors (Lipinski definition) is 1. The Morgan fingerprint density at radius 2 is 2.29 bits per heavy atom. The molecular weight excluding hydrogens is 218 g/mol. The first-order valence-corrected chi connectivity index (χ1v) is 6.12. The van der Waals surface area contributed by atoms with E-state index in [2.05, 4.69) is 20.5 Å². The van der Waals surface area contributed by atoms with Crippen molar-refractivity contribution in [3.63, 3.8) is 0 Å². The van der Waals surface area contributed by atoms with Crippen molar-refractivity contribution in [3.8, 4) is 0 Å². The maximum absolute atomic E-state index is 5.56. The zero-order valence-electron chi connectivity index (χ0n) is 10.6. The lowest BCUT2D eigenvalue weighted by atomic mass is 10.2. The fourth-order valence-electron chi connectivity index (χ4n) is 1.87. The minimum absolute atomic E-state index is 0.705. The number of rotatable bonds is 6. The molecule has 17 heavy (non-hydrogen) atoms. The van der Waals surface area contributed by atoms with Gasteiger partial charge in [-0.25, -0.2) is 4.68 Å². The van der Waals surface area contributed by atoms with Gasteiger partial charge in [-0.2, -0.15) is 0 Å². The van der Waals surface area contributed by atoms with Gasteiger partial charge in [-0.15, -0.1) is 5.10 Å². The van der Waals surface area contributed by atoms with Crippen LogP contribution in [0.15, 0.2) is 0 Å². The highest BCUT2D eigenvalue weighted by Gasteiger charge is 2.15. The minimum Gasteiger partial charge on any atom is -0.378 e. The Morgan fingerprint density at radius 1 is 1.41 bits per heavy atom. The van der Waals surface area contributed by atoms with E-state index in [0.29, 0.717) is 6.61 Å². The molecule has 1 aromatic heterocycles. The number of ether oxygens (including phenoxy) is 1. The van der Waals surface area contributed by atoms with Gasteiger partial charge in [-0.3, -0.25) is 0 Å². The summed E-state index contributed by atoms with van der Waals surface area (Å²) in [7, 11) is 4.09. The van der Waals surface area contributed by atoms with E-state index in [1.54, 1.807) is 0 Å². The van der Waals surface area contributed by atoms with Crippen LogP contribution in [0.4, 0.5) is 0 Å². The molecule has 0 spiro atoms. The molecule has 0 atom stereocenters. The first-order chi connectivity index (χ1) is 8.27. The van der Waals surface area contributed by atoms with Crippen molar-refractivity contribution < 1.29 is 4.74 Å². The number of likely N-dealkylation sites (N-methyl/N-ethyl adjacent to an activating group) is 1. The maximum Gasteiger partial charge on any atom is 0.0997 e. The number of nitrogens with one attached hydrogen (secondary N) is 1. The Kier molecular flexibility index (Phi) is 4.47. The third kappa shape index (κ3) is 3.49. The SMILES string of the molecule is CN(C)CCOCCn1nnc2c1CCNC2. The molecule has 96 valence electrons. The number of fused-ring (bicyclic) bond motifs is 1. The molecule has 6 nitrogen and oxygen atoms in total. The second-order valence-corrected chi connectivity index (χ2v) is 4.55. The van der Waals surface area contributed by atoms with E-state index >= 15 is 0 Å². The summed E-state index contributed by atoms with van der Waals surface area (Å²) in [4.78, 5) is 2.11. The summed E-state index contributed by atoms with van der Waals surface area (Å²) in [6, 6.07) is 0. The lowest BCUT2D eigenvalue weighted by Crippen LogP contribution is -2.25. The largest absolute Gasteiger partial charge is 0.378 e. The molecule has 0 amide bonds. The summed E-state index contributed by atoms with van der Waals surface area (Å²) in [6.45, 7) is 5.09. The standard InChI is InChI=1S/C11H21N5O/c1-15(2)5-7-17-8-6-16-11-3-4-12-9-10(11)13-14-16/h12H,3-9H2,1-2H3. The minimum atomic E-state index is 0.705. The van der Waals surface area contributed by atoms with Crippen molar-refractivity contribution in [1.29, 1.82) is 0 Å². The molecule has 6 heteroatoms. The molecule has 1 aliphatic heterocycles. The normalized spacial score (nSPS) is 15.2. The molecular formula is C11H21N5O. The number of hydrogen-bond acceptors (Lipinski definition) is 5. The fourth-order valence-corrected chi connectivity index (χ4v) is 1.87. The molecule has 0 aliphatic carbocycles. The number of nitrogens with zero attached hydrogens (tertiary/aromatic N) is 4. The average molecular weight is 239 g/mol. The van der Waals surface area contributed by atoms with Gasteiger partial charge in [0.2, 0.25) is 0 Å². The molecule has 0 aromatic carbocycles. The van der Waals surface area contributed by atoms with Crippen LogP contribution in [-0.2, 0) is 24.2 Å². The first kappa shape index (κ1) is 12.5. The highest BCUT2D eigenvalue weighted by molar-refractivity contribution is 5.13. The van der Waals surface area contributed by atoms with Crippen LogP contribution in [0.1, 0.15) is 11.4 Å². The summed E-state index contributed by atoms with van der Waals surface area (Å²) in [5.74, 6) is 0.